The lowest BCUT2D eigenvalue weighted by Gasteiger charge is -2.12. The van der Waals surface area contributed by atoms with Crippen LogP contribution >= 0.6 is 0 Å². The van der Waals surface area contributed by atoms with Gasteiger partial charge in [0.15, 0.2) is 0 Å². The number of carbonyl (C=O) groups is 1. The number of carboxylic acid groups (broad SMARTS) is 1. The molecule has 0 bridgehead atoms. The summed E-state index contributed by atoms with van der Waals surface area (Å²) in [5, 5.41) is 9.31. The molecule has 0 aliphatic heterocycles. The van der Waals surface area contributed by atoms with Crippen LogP contribution in [0.15, 0.2) is 36.7 Å². The maximum absolute atomic E-state index is 11.4. The summed E-state index contributed by atoms with van der Waals surface area (Å²) in [4.78, 5) is 15.4. The van der Waals surface area contributed by atoms with Crippen molar-refractivity contribution in [2.45, 2.75) is 18.8 Å². The number of hydrogen-bond acceptors (Lipinski definition) is 3. The van der Waals surface area contributed by atoms with Gasteiger partial charge in [0.25, 0.3) is 0 Å². The molecule has 0 atom stereocenters. The van der Waals surface area contributed by atoms with Crippen molar-refractivity contribution in [3.05, 3.63) is 47.8 Å². The minimum absolute atomic E-state index is 0.242. The summed E-state index contributed by atoms with van der Waals surface area (Å²) in [5.41, 5.74) is 2.87. The fourth-order valence-corrected chi connectivity index (χ4v) is 2.40. The van der Waals surface area contributed by atoms with E-state index in [9.17, 15) is 9.90 Å². The Morgan fingerprint density at radius 1 is 1.30 bits per heavy atom. The molecule has 1 heterocycles. The Hall–Kier alpha value is -2.36. The minimum Gasteiger partial charge on any atom is -0.496 e. The van der Waals surface area contributed by atoms with Crippen molar-refractivity contribution in [2.75, 3.05) is 7.11 Å². The molecule has 1 fully saturated rings. The van der Waals surface area contributed by atoms with Crippen molar-refractivity contribution in [3.63, 3.8) is 0 Å². The van der Waals surface area contributed by atoms with Crippen LogP contribution in [0.1, 0.15) is 34.7 Å². The number of aromatic nitrogens is 1. The maximum Gasteiger partial charge on any atom is 0.336 e. The van der Waals surface area contributed by atoms with Gasteiger partial charge in [-0.1, -0.05) is 6.07 Å². The van der Waals surface area contributed by atoms with E-state index >= 15 is 0 Å². The molecule has 1 aliphatic rings. The predicted octanol–water partition coefficient (Wildman–Crippen LogP) is 3.33. The van der Waals surface area contributed by atoms with Crippen LogP contribution < -0.4 is 4.74 Å². The molecule has 0 unspecified atom stereocenters. The fraction of sp³-hybridized carbons (Fsp3) is 0.250. The molecule has 1 saturated carbocycles. The van der Waals surface area contributed by atoms with Crippen LogP contribution in [0.4, 0.5) is 0 Å². The molecule has 0 radical (unpaired) electrons. The Labute approximate surface area is 117 Å². The Balaban J connectivity index is 2.17. The van der Waals surface area contributed by atoms with E-state index < -0.39 is 5.97 Å². The number of nitrogens with zero attached hydrogens (tertiary/aromatic N) is 1. The van der Waals surface area contributed by atoms with Crippen LogP contribution in [0.2, 0.25) is 0 Å². The second-order valence-corrected chi connectivity index (χ2v) is 4.96. The summed E-state index contributed by atoms with van der Waals surface area (Å²) < 4.78 is 5.37. The molecule has 4 heteroatoms. The molecule has 0 saturated heterocycles. The molecule has 1 N–H and O–H groups in total. The first-order valence-corrected chi connectivity index (χ1v) is 6.56. The molecule has 0 spiro atoms. The Morgan fingerprint density at radius 2 is 2.10 bits per heavy atom. The summed E-state index contributed by atoms with van der Waals surface area (Å²) in [5.74, 6) is 0.316. The van der Waals surface area contributed by atoms with E-state index in [-0.39, 0.29) is 5.56 Å². The summed E-state index contributed by atoms with van der Waals surface area (Å²) in [6.45, 7) is 0. The summed E-state index contributed by atoms with van der Waals surface area (Å²) >= 11 is 0. The average Bonchev–Trinajstić information content (AvgIpc) is 3.31. The fourth-order valence-electron chi connectivity index (χ4n) is 2.40. The van der Waals surface area contributed by atoms with Gasteiger partial charge in [0, 0.05) is 23.5 Å². The smallest absolute Gasteiger partial charge is 0.336 e. The van der Waals surface area contributed by atoms with E-state index in [1.54, 1.807) is 13.3 Å². The van der Waals surface area contributed by atoms with Gasteiger partial charge >= 0.3 is 5.97 Å². The van der Waals surface area contributed by atoms with Crippen molar-refractivity contribution >= 4 is 5.97 Å². The van der Waals surface area contributed by atoms with Gasteiger partial charge in [-0.3, -0.25) is 4.98 Å². The molecule has 20 heavy (non-hydrogen) atoms. The second-order valence-electron chi connectivity index (χ2n) is 4.96. The van der Waals surface area contributed by atoms with Crippen LogP contribution in [0, 0.1) is 0 Å². The second kappa shape index (κ2) is 4.96. The van der Waals surface area contributed by atoms with Gasteiger partial charge in [0.05, 0.1) is 12.7 Å². The molecule has 1 aliphatic carbocycles. The first-order valence-electron chi connectivity index (χ1n) is 6.56. The van der Waals surface area contributed by atoms with Crippen LogP contribution in [0.3, 0.4) is 0 Å². The Morgan fingerprint density at radius 3 is 2.75 bits per heavy atom. The van der Waals surface area contributed by atoms with E-state index in [0.29, 0.717) is 17.2 Å². The van der Waals surface area contributed by atoms with Crippen LogP contribution in [0.5, 0.6) is 5.75 Å². The highest BCUT2D eigenvalue weighted by Gasteiger charge is 2.25. The summed E-state index contributed by atoms with van der Waals surface area (Å²) in [6, 6.07) is 7.50. The molecule has 0 amide bonds. The van der Waals surface area contributed by atoms with E-state index in [0.717, 1.165) is 5.56 Å². The first kappa shape index (κ1) is 12.7. The highest BCUT2D eigenvalue weighted by atomic mass is 16.5. The van der Waals surface area contributed by atoms with Crippen LogP contribution in [0.25, 0.3) is 11.1 Å². The normalized spacial score (nSPS) is 14.1. The quantitative estimate of drug-likeness (QED) is 0.924. The van der Waals surface area contributed by atoms with Crippen molar-refractivity contribution in [2.24, 2.45) is 0 Å². The molecular formula is C16H15NO3. The zero-order valence-corrected chi connectivity index (χ0v) is 11.2. The van der Waals surface area contributed by atoms with Crippen molar-refractivity contribution in [1.82, 2.24) is 4.98 Å². The predicted molar refractivity (Wildman–Crippen MR) is 75.2 cm³/mol. The topological polar surface area (TPSA) is 59.4 Å². The van der Waals surface area contributed by atoms with Gasteiger partial charge in [-0.2, -0.15) is 0 Å². The molecule has 1 aromatic carbocycles. The van der Waals surface area contributed by atoms with Crippen molar-refractivity contribution < 1.29 is 14.6 Å². The number of methoxy groups -OCH3 is 1. The molecule has 2 aromatic rings. The van der Waals surface area contributed by atoms with Gasteiger partial charge in [-0.25, -0.2) is 4.79 Å². The number of benzene rings is 1. The number of carboxylic acids is 1. The van der Waals surface area contributed by atoms with Crippen molar-refractivity contribution in [3.8, 4) is 16.9 Å². The van der Waals surface area contributed by atoms with Crippen LogP contribution in [-0.2, 0) is 0 Å². The lowest BCUT2D eigenvalue weighted by Crippen LogP contribution is -2.01. The standard InChI is InChI=1S/C16H15NO3/c1-20-15-5-4-11(10-2-3-10)8-13(15)14-9-17-7-6-12(14)16(18)19/h4-10H,2-3H2,1H3,(H,18,19). The third-order valence-electron chi connectivity index (χ3n) is 3.61. The lowest BCUT2D eigenvalue weighted by atomic mass is 9.97. The monoisotopic (exact) mass is 269 g/mol. The highest BCUT2D eigenvalue weighted by Crippen LogP contribution is 2.43. The Kier molecular flexibility index (Phi) is 3.14. The van der Waals surface area contributed by atoms with Crippen molar-refractivity contribution in [1.29, 1.82) is 0 Å². The van der Waals surface area contributed by atoms with E-state index in [2.05, 4.69) is 11.1 Å². The van der Waals surface area contributed by atoms with Gasteiger partial charge < -0.3 is 9.84 Å². The zero-order chi connectivity index (χ0) is 14.1. The first-order chi connectivity index (χ1) is 9.70. The third kappa shape index (κ3) is 2.25. The SMILES string of the molecule is COc1ccc(C2CC2)cc1-c1cnccc1C(=O)O. The van der Waals surface area contributed by atoms with Gasteiger partial charge in [-0.15, -0.1) is 0 Å². The summed E-state index contributed by atoms with van der Waals surface area (Å²) in [7, 11) is 1.59. The minimum atomic E-state index is -0.957. The summed E-state index contributed by atoms with van der Waals surface area (Å²) in [6.07, 6.45) is 5.47. The number of rotatable bonds is 4. The van der Waals surface area contributed by atoms with Gasteiger partial charge in [0.2, 0.25) is 0 Å². The van der Waals surface area contributed by atoms with Crippen LogP contribution in [-0.4, -0.2) is 23.2 Å². The number of ether oxygens (including phenoxy) is 1. The zero-order valence-electron chi connectivity index (χ0n) is 11.2. The van der Waals surface area contributed by atoms with E-state index in [1.807, 2.05) is 12.1 Å². The molecule has 3 rings (SSSR count). The van der Waals surface area contributed by atoms with E-state index in [1.165, 1.54) is 30.7 Å². The number of pyridine rings is 1. The molecule has 1 aromatic heterocycles. The molecule has 4 nitrogen and oxygen atoms in total. The lowest BCUT2D eigenvalue weighted by molar-refractivity contribution is 0.0697. The largest absolute Gasteiger partial charge is 0.496 e. The Bertz CT molecular complexity index is 663. The van der Waals surface area contributed by atoms with Gasteiger partial charge in [0.1, 0.15) is 5.75 Å². The van der Waals surface area contributed by atoms with E-state index in [4.69, 9.17) is 4.74 Å². The third-order valence-corrected chi connectivity index (χ3v) is 3.61. The molecular weight excluding hydrogens is 254 g/mol. The molecule has 102 valence electrons. The number of aromatic carboxylic acids is 1. The maximum atomic E-state index is 11.4. The highest BCUT2D eigenvalue weighted by molar-refractivity contribution is 5.96. The number of hydrogen-bond donors (Lipinski definition) is 1. The average molecular weight is 269 g/mol. The van der Waals surface area contributed by atoms with Gasteiger partial charge in [-0.05, 0) is 42.5 Å².